The number of anilines is 1. The van der Waals surface area contributed by atoms with Crippen molar-refractivity contribution >= 4 is 21.6 Å². The van der Waals surface area contributed by atoms with Crippen LogP contribution in [0.3, 0.4) is 0 Å². The highest BCUT2D eigenvalue weighted by atomic mass is 79.9. The molecule has 1 heterocycles. The van der Waals surface area contributed by atoms with E-state index in [1.54, 1.807) is 6.20 Å². The molecule has 0 aliphatic rings. The van der Waals surface area contributed by atoms with Crippen LogP contribution in [0.15, 0.2) is 47.2 Å². The first kappa shape index (κ1) is 13.1. The molecule has 0 saturated heterocycles. The van der Waals surface area contributed by atoms with Gasteiger partial charge < -0.3 is 5.32 Å². The van der Waals surface area contributed by atoms with E-state index in [9.17, 15) is 0 Å². The number of pyridine rings is 1. The zero-order valence-electron chi connectivity index (χ0n) is 10.5. The maximum Gasteiger partial charge on any atom is 0.0416 e. The van der Waals surface area contributed by atoms with Crippen LogP contribution in [0.1, 0.15) is 24.5 Å². The molecule has 0 radical (unpaired) electrons. The van der Waals surface area contributed by atoms with Gasteiger partial charge in [-0.25, -0.2) is 0 Å². The van der Waals surface area contributed by atoms with E-state index in [0.717, 1.165) is 23.1 Å². The van der Waals surface area contributed by atoms with E-state index in [0.29, 0.717) is 0 Å². The second kappa shape index (κ2) is 6.55. The van der Waals surface area contributed by atoms with Gasteiger partial charge in [-0.2, -0.15) is 0 Å². The van der Waals surface area contributed by atoms with Crippen LogP contribution in [0.5, 0.6) is 0 Å². The highest BCUT2D eigenvalue weighted by molar-refractivity contribution is 9.10. The Balaban J connectivity index is 1.93. The number of benzene rings is 1. The summed E-state index contributed by atoms with van der Waals surface area (Å²) >= 11 is 3.42. The van der Waals surface area contributed by atoms with Gasteiger partial charge in [0.15, 0.2) is 0 Å². The number of halogens is 1. The molecule has 0 atom stereocenters. The monoisotopic (exact) mass is 304 g/mol. The van der Waals surface area contributed by atoms with Gasteiger partial charge in [0.25, 0.3) is 0 Å². The quantitative estimate of drug-likeness (QED) is 0.885. The topological polar surface area (TPSA) is 24.9 Å². The summed E-state index contributed by atoms with van der Waals surface area (Å²) in [6.07, 6.45) is 6.01. The molecule has 0 fully saturated rings. The van der Waals surface area contributed by atoms with Crippen LogP contribution in [-0.4, -0.2) is 4.98 Å². The summed E-state index contributed by atoms with van der Waals surface area (Å²) in [5.74, 6) is 0. The van der Waals surface area contributed by atoms with Crippen LogP contribution in [-0.2, 0) is 13.0 Å². The summed E-state index contributed by atoms with van der Waals surface area (Å²) in [7, 11) is 0. The SMILES string of the molecule is CCCc1ccc(NCc2cncc(Br)c2)cc1. The Morgan fingerprint density at radius 3 is 2.56 bits per heavy atom. The molecule has 1 aromatic carbocycles. The smallest absolute Gasteiger partial charge is 0.0416 e. The first-order valence-corrected chi connectivity index (χ1v) is 6.99. The molecule has 94 valence electrons. The van der Waals surface area contributed by atoms with Crippen LogP contribution in [0.4, 0.5) is 5.69 Å². The van der Waals surface area contributed by atoms with Gasteiger partial charge >= 0.3 is 0 Å². The summed E-state index contributed by atoms with van der Waals surface area (Å²) in [4.78, 5) is 4.15. The van der Waals surface area contributed by atoms with E-state index in [2.05, 4.69) is 63.5 Å². The Bertz CT molecular complexity index is 494. The van der Waals surface area contributed by atoms with E-state index in [-0.39, 0.29) is 0 Å². The van der Waals surface area contributed by atoms with Crippen molar-refractivity contribution in [3.8, 4) is 0 Å². The van der Waals surface area contributed by atoms with Crippen LogP contribution in [0.2, 0.25) is 0 Å². The lowest BCUT2D eigenvalue weighted by Crippen LogP contribution is -1.99. The molecule has 0 saturated carbocycles. The third-order valence-electron chi connectivity index (χ3n) is 2.75. The Kier molecular flexibility index (Phi) is 4.76. The van der Waals surface area contributed by atoms with Crippen molar-refractivity contribution in [3.05, 3.63) is 58.3 Å². The van der Waals surface area contributed by atoms with E-state index in [1.807, 2.05) is 6.20 Å². The fourth-order valence-electron chi connectivity index (χ4n) is 1.83. The van der Waals surface area contributed by atoms with Gasteiger partial charge in [0.2, 0.25) is 0 Å². The lowest BCUT2D eigenvalue weighted by Gasteiger charge is -2.07. The number of rotatable bonds is 5. The summed E-state index contributed by atoms with van der Waals surface area (Å²) in [5, 5.41) is 3.40. The third-order valence-corrected chi connectivity index (χ3v) is 3.18. The van der Waals surface area contributed by atoms with Gasteiger partial charge in [-0.15, -0.1) is 0 Å². The van der Waals surface area contributed by atoms with E-state index in [4.69, 9.17) is 0 Å². The minimum atomic E-state index is 0.791. The molecule has 1 aromatic heterocycles. The Hall–Kier alpha value is -1.35. The third kappa shape index (κ3) is 3.84. The number of aryl methyl sites for hydroxylation is 1. The Labute approximate surface area is 117 Å². The fourth-order valence-corrected chi connectivity index (χ4v) is 2.25. The normalized spacial score (nSPS) is 10.3. The zero-order chi connectivity index (χ0) is 12.8. The molecule has 2 aromatic rings. The number of hydrogen-bond acceptors (Lipinski definition) is 2. The molecule has 2 nitrogen and oxygen atoms in total. The molecule has 0 bridgehead atoms. The maximum atomic E-state index is 4.15. The number of nitrogens with one attached hydrogen (secondary N) is 1. The fraction of sp³-hybridized carbons (Fsp3) is 0.267. The second-order valence-corrected chi connectivity index (χ2v) is 5.23. The van der Waals surface area contributed by atoms with Gasteiger partial charge in [-0.05, 0) is 51.7 Å². The summed E-state index contributed by atoms with van der Waals surface area (Å²) in [5.41, 5.74) is 3.71. The zero-order valence-corrected chi connectivity index (χ0v) is 12.1. The van der Waals surface area contributed by atoms with Crippen molar-refractivity contribution in [2.24, 2.45) is 0 Å². The molecule has 0 spiro atoms. The average molecular weight is 305 g/mol. The van der Waals surface area contributed by atoms with Gasteiger partial charge in [0.1, 0.15) is 0 Å². The second-order valence-electron chi connectivity index (χ2n) is 4.31. The molecule has 1 N–H and O–H groups in total. The van der Waals surface area contributed by atoms with Crippen molar-refractivity contribution in [1.82, 2.24) is 4.98 Å². The maximum absolute atomic E-state index is 4.15. The average Bonchev–Trinajstić information content (AvgIpc) is 2.38. The van der Waals surface area contributed by atoms with Crippen LogP contribution >= 0.6 is 15.9 Å². The Morgan fingerprint density at radius 2 is 1.89 bits per heavy atom. The molecule has 18 heavy (non-hydrogen) atoms. The largest absolute Gasteiger partial charge is 0.381 e. The van der Waals surface area contributed by atoms with Crippen molar-refractivity contribution in [2.75, 3.05) is 5.32 Å². The minimum absolute atomic E-state index is 0.791. The van der Waals surface area contributed by atoms with Crippen LogP contribution in [0.25, 0.3) is 0 Å². The number of nitrogens with zero attached hydrogens (tertiary/aromatic N) is 1. The lowest BCUT2D eigenvalue weighted by atomic mass is 10.1. The van der Waals surface area contributed by atoms with Gasteiger partial charge in [0, 0.05) is 29.1 Å². The van der Waals surface area contributed by atoms with Crippen molar-refractivity contribution < 1.29 is 0 Å². The number of hydrogen-bond donors (Lipinski definition) is 1. The molecular formula is C15H17BrN2. The molecule has 0 aliphatic heterocycles. The molecular weight excluding hydrogens is 288 g/mol. The van der Waals surface area contributed by atoms with E-state index >= 15 is 0 Å². The van der Waals surface area contributed by atoms with Gasteiger partial charge in [-0.3, -0.25) is 4.98 Å². The molecule has 0 unspecified atom stereocenters. The summed E-state index contributed by atoms with van der Waals surface area (Å²) < 4.78 is 1.01. The summed E-state index contributed by atoms with van der Waals surface area (Å²) in [6.45, 7) is 2.99. The predicted octanol–water partition coefficient (Wildman–Crippen LogP) is 4.41. The van der Waals surface area contributed by atoms with Gasteiger partial charge in [0.05, 0.1) is 0 Å². The summed E-state index contributed by atoms with van der Waals surface area (Å²) in [6, 6.07) is 10.7. The Morgan fingerprint density at radius 1 is 1.11 bits per heavy atom. The van der Waals surface area contributed by atoms with E-state index < -0.39 is 0 Å². The van der Waals surface area contributed by atoms with E-state index in [1.165, 1.54) is 17.5 Å². The molecule has 0 amide bonds. The lowest BCUT2D eigenvalue weighted by molar-refractivity contribution is 0.922. The van der Waals surface area contributed by atoms with Crippen molar-refractivity contribution in [3.63, 3.8) is 0 Å². The van der Waals surface area contributed by atoms with Crippen LogP contribution in [0, 0.1) is 0 Å². The molecule has 2 rings (SSSR count). The van der Waals surface area contributed by atoms with Gasteiger partial charge in [-0.1, -0.05) is 25.5 Å². The number of aromatic nitrogens is 1. The predicted molar refractivity (Wildman–Crippen MR) is 79.7 cm³/mol. The molecule has 3 heteroatoms. The minimum Gasteiger partial charge on any atom is -0.381 e. The van der Waals surface area contributed by atoms with Crippen LogP contribution < -0.4 is 5.32 Å². The first-order chi connectivity index (χ1) is 8.78. The first-order valence-electron chi connectivity index (χ1n) is 6.20. The van der Waals surface area contributed by atoms with Crippen molar-refractivity contribution in [1.29, 1.82) is 0 Å². The van der Waals surface area contributed by atoms with Crippen molar-refractivity contribution in [2.45, 2.75) is 26.3 Å². The highest BCUT2D eigenvalue weighted by Crippen LogP contribution is 2.14. The highest BCUT2D eigenvalue weighted by Gasteiger charge is 1.96. The molecule has 0 aliphatic carbocycles. The standard InChI is InChI=1S/C15H17BrN2/c1-2-3-12-4-6-15(7-5-12)18-10-13-8-14(16)11-17-9-13/h4-9,11,18H,2-3,10H2,1H3.